The van der Waals surface area contributed by atoms with Gasteiger partial charge in [-0.15, -0.1) is 0 Å². The Morgan fingerprint density at radius 3 is 2.35 bits per heavy atom. The molecule has 0 spiro atoms. The second-order valence-electron chi connectivity index (χ2n) is 7.78. The Labute approximate surface area is 161 Å². The van der Waals surface area contributed by atoms with Crippen LogP contribution < -0.4 is 0 Å². The van der Waals surface area contributed by atoms with Crippen LogP contribution in [0.15, 0.2) is 24.3 Å². The summed E-state index contributed by atoms with van der Waals surface area (Å²) in [5.41, 5.74) is 4.12. The number of thioether (sulfide) groups is 1. The zero-order valence-electron chi connectivity index (χ0n) is 16.7. The molecule has 0 radical (unpaired) electrons. The average Bonchev–Trinajstić information content (AvgIpc) is 2.92. The predicted molar refractivity (Wildman–Crippen MR) is 110 cm³/mol. The highest BCUT2D eigenvalue weighted by molar-refractivity contribution is 7.99. The van der Waals surface area contributed by atoms with Gasteiger partial charge in [0, 0.05) is 11.7 Å². The lowest BCUT2D eigenvalue weighted by molar-refractivity contribution is 0.0694. The molecule has 0 saturated heterocycles. The Morgan fingerprint density at radius 2 is 1.88 bits per heavy atom. The normalized spacial score (nSPS) is 13.0. The lowest BCUT2D eigenvalue weighted by Crippen LogP contribution is -2.11. The minimum absolute atomic E-state index is 0.0834. The van der Waals surface area contributed by atoms with E-state index in [0.29, 0.717) is 29.3 Å². The van der Waals surface area contributed by atoms with Gasteiger partial charge in [-0.25, -0.2) is 9.48 Å². The lowest BCUT2D eigenvalue weighted by Gasteiger charge is -2.19. The monoisotopic (exact) mass is 374 g/mol. The third-order valence-corrected chi connectivity index (χ3v) is 5.59. The summed E-state index contributed by atoms with van der Waals surface area (Å²) < 4.78 is 1.84. The highest BCUT2D eigenvalue weighted by atomic mass is 32.2. The van der Waals surface area contributed by atoms with Gasteiger partial charge in [-0.2, -0.15) is 16.9 Å². The van der Waals surface area contributed by atoms with Crippen LogP contribution in [0.25, 0.3) is 5.69 Å². The Bertz CT molecular complexity index is 758. The van der Waals surface area contributed by atoms with E-state index in [1.165, 1.54) is 5.56 Å². The van der Waals surface area contributed by atoms with Gasteiger partial charge in [0.25, 0.3) is 0 Å². The molecule has 4 nitrogen and oxygen atoms in total. The van der Waals surface area contributed by atoms with E-state index >= 15 is 0 Å². The SMILES string of the molecule is CCCc1c(C(=O)O)c(CC(C)SC)nn1-c1ccc(C(C)(C)C)cc1. The molecule has 142 valence electrons. The Balaban J connectivity index is 2.56. The van der Waals surface area contributed by atoms with E-state index in [0.717, 1.165) is 17.8 Å². The van der Waals surface area contributed by atoms with E-state index in [2.05, 4.69) is 46.8 Å². The maximum absolute atomic E-state index is 12.0. The van der Waals surface area contributed by atoms with Gasteiger partial charge in [-0.1, -0.05) is 53.2 Å². The molecular weight excluding hydrogens is 344 g/mol. The Kier molecular flexibility index (Phi) is 6.56. The largest absolute Gasteiger partial charge is 0.478 e. The molecule has 26 heavy (non-hydrogen) atoms. The smallest absolute Gasteiger partial charge is 0.339 e. The molecule has 0 bridgehead atoms. The molecule has 0 aliphatic heterocycles. The third kappa shape index (κ3) is 4.50. The second kappa shape index (κ2) is 8.30. The number of aromatic nitrogens is 2. The van der Waals surface area contributed by atoms with Crippen LogP contribution in [0.2, 0.25) is 0 Å². The topological polar surface area (TPSA) is 55.1 Å². The second-order valence-corrected chi connectivity index (χ2v) is 9.06. The number of rotatable bonds is 7. The number of hydrogen-bond acceptors (Lipinski definition) is 3. The standard InChI is InChI=1S/C21H30N2O2S/c1-7-8-18-19(20(24)25)17(13-14(2)26-6)22-23(18)16-11-9-15(10-12-16)21(3,4)5/h9-12,14H,7-8,13H2,1-6H3,(H,24,25). The summed E-state index contributed by atoms with van der Waals surface area (Å²) in [6.07, 6.45) is 4.28. The summed E-state index contributed by atoms with van der Waals surface area (Å²) in [5, 5.41) is 14.9. The van der Waals surface area contributed by atoms with E-state index in [9.17, 15) is 9.90 Å². The molecule has 0 fully saturated rings. The molecule has 1 aromatic heterocycles. The molecule has 1 aromatic carbocycles. The van der Waals surface area contributed by atoms with Crippen LogP contribution in [0.4, 0.5) is 0 Å². The highest BCUT2D eigenvalue weighted by Gasteiger charge is 2.24. The van der Waals surface area contributed by atoms with Crippen LogP contribution in [-0.2, 0) is 18.3 Å². The molecule has 2 aromatic rings. The molecular formula is C21H30N2O2S. The quantitative estimate of drug-likeness (QED) is 0.731. The van der Waals surface area contributed by atoms with Gasteiger partial charge in [-0.3, -0.25) is 0 Å². The zero-order valence-corrected chi connectivity index (χ0v) is 17.5. The summed E-state index contributed by atoms with van der Waals surface area (Å²) in [6.45, 7) is 10.7. The first-order chi connectivity index (χ1) is 12.2. The van der Waals surface area contributed by atoms with Crippen molar-refractivity contribution in [2.45, 2.75) is 64.5 Å². The third-order valence-electron chi connectivity index (χ3n) is 4.62. The number of carbonyl (C=O) groups is 1. The average molecular weight is 375 g/mol. The zero-order chi connectivity index (χ0) is 19.5. The van der Waals surface area contributed by atoms with Crippen LogP contribution in [0, 0.1) is 0 Å². The molecule has 0 aliphatic rings. The number of aromatic carboxylic acids is 1. The van der Waals surface area contributed by atoms with Crippen molar-refractivity contribution in [1.82, 2.24) is 9.78 Å². The minimum Gasteiger partial charge on any atom is -0.478 e. The first kappa shape index (κ1) is 20.6. The van der Waals surface area contributed by atoms with Gasteiger partial charge in [0.2, 0.25) is 0 Å². The van der Waals surface area contributed by atoms with Crippen LogP contribution >= 0.6 is 11.8 Å². The van der Waals surface area contributed by atoms with Crippen molar-refractivity contribution in [3.63, 3.8) is 0 Å². The molecule has 1 unspecified atom stereocenters. The Hall–Kier alpha value is -1.75. The number of nitrogens with zero attached hydrogens (tertiary/aromatic N) is 2. The van der Waals surface area contributed by atoms with Crippen LogP contribution in [0.5, 0.6) is 0 Å². The molecule has 5 heteroatoms. The maximum atomic E-state index is 12.0. The van der Waals surface area contributed by atoms with Crippen molar-refractivity contribution in [2.24, 2.45) is 0 Å². The predicted octanol–water partition coefficient (Wildman–Crippen LogP) is 5.11. The van der Waals surface area contributed by atoms with E-state index in [1.54, 1.807) is 11.8 Å². The number of carboxylic acid groups (broad SMARTS) is 1. The summed E-state index contributed by atoms with van der Waals surface area (Å²) >= 11 is 1.73. The first-order valence-electron chi connectivity index (χ1n) is 9.16. The molecule has 1 atom stereocenters. The van der Waals surface area contributed by atoms with Gasteiger partial charge in [-0.05, 0) is 35.8 Å². The van der Waals surface area contributed by atoms with Crippen LogP contribution in [0.3, 0.4) is 0 Å². The van der Waals surface area contributed by atoms with Crippen LogP contribution in [-0.4, -0.2) is 32.4 Å². The number of carboxylic acids is 1. The van der Waals surface area contributed by atoms with Gasteiger partial charge in [0.15, 0.2) is 0 Å². The van der Waals surface area contributed by atoms with E-state index in [4.69, 9.17) is 5.10 Å². The van der Waals surface area contributed by atoms with E-state index < -0.39 is 5.97 Å². The van der Waals surface area contributed by atoms with Crippen molar-refractivity contribution in [2.75, 3.05) is 6.26 Å². The summed E-state index contributed by atoms with van der Waals surface area (Å²) in [7, 11) is 0. The van der Waals surface area contributed by atoms with Gasteiger partial charge < -0.3 is 5.11 Å². The first-order valence-corrected chi connectivity index (χ1v) is 10.5. The fourth-order valence-corrected chi connectivity index (χ4v) is 3.36. The highest BCUT2D eigenvalue weighted by Crippen LogP contribution is 2.26. The summed E-state index contributed by atoms with van der Waals surface area (Å²) in [4.78, 5) is 12.0. The number of hydrogen-bond donors (Lipinski definition) is 1. The van der Waals surface area contributed by atoms with E-state index in [-0.39, 0.29) is 5.41 Å². The molecule has 0 amide bonds. The Morgan fingerprint density at radius 1 is 1.27 bits per heavy atom. The molecule has 0 saturated carbocycles. The fourth-order valence-electron chi connectivity index (χ4n) is 3.03. The molecule has 2 rings (SSSR count). The number of benzene rings is 1. The summed E-state index contributed by atoms with van der Waals surface area (Å²) in [5.74, 6) is -0.880. The summed E-state index contributed by atoms with van der Waals surface area (Å²) in [6, 6.07) is 8.30. The van der Waals surface area contributed by atoms with Crippen molar-refractivity contribution in [3.05, 3.63) is 46.8 Å². The molecule has 0 aliphatic carbocycles. The van der Waals surface area contributed by atoms with Gasteiger partial charge in [0.1, 0.15) is 5.56 Å². The van der Waals surface area contributed by atoms with Crippen molar-refractivity contribution in [1.29, 1.82) is 0 Å². The molecule has 1 N–H and O–H groups in total. The minimum atomic E-state index is -0.880. The van der Waals surface area contributed by atoms with Crippen molar-refractivity contribution < 1.29 is 9.90 Å². The van der Waals surface area contributed by atoms with Crippen LogP contribution in [0.1, 0.15) is 68.3 Å². The fraction of sp³-hybridized carbons (Fsp3) is 0.524. The maximum Gasteiger partial charge on any atom is 0.339 e. The lowest BCUT2D eigenvalue weighted by atomic mass is 9.87. The van der Waals surface area contributed by atoms with E-state index in [1.807, 2.05) is 23.1 Å². The van der Waals surface area contributed by atoms with Gasteiger partial charge in [0.05, 0.1) is 17.1 Å². The van der Waals surface area contributed by atoms with Gasteiger partial charge >= 0.3 is 5.97 Å². The van der Waals surface area contributed by atoms with Crippen molar-refractivity contribution in [3.8, 4) is 5.69 Å². The molecule has 1 heterocycles. The van der Waals surface area contributed by atoms with Crippen molar-refractivity contribution >= 4 is 17.7 Å².